The highest BCUT2D eigenvalue weighted by molar-refractivity contribution is 5.98. The monoisotopic (exact) mass is 408 g/mol. The summed E-state index contributed by atoms with van der Waals surface area (Å²) in [5, 5.41) is 5.56. The number of rotatable bonds is 3. The molecule has 2 saturated heterocycles. The summed E-state index contributed by atoms with van der Waals surface area (Å²) in [7, 11) is 2.20. The molecule has 30 heavy (non-hydrogen) atoms. The molecule has 4 heterocycles. The van der Waals surface area contributed by atoms with Gasteiger partial charge in [0.1, 0.15) is 23.7 Å². The highest BCUT2D eigenvalue weighted by Gasteiger charge is 2.30. The molecule has 0 unspecified atom stereocenters. The first-order valence-electron chi connectivity index (χ1n) is 10.7. The summed E-state index contributed by atoms with van der Waals surface area (Å²) >= 11 is 0. The molecule has 2 aliphatic heterocycles. The summed E-state index contributed by atoms with van der Waals surface area (Å²) in [5.74, 6) is -0.0460. The van der Waals surface area contributed by atoms with E-state index >= 15 is 0 Å². The van der Waals surface area contributed by atoms with Gasteiger partial charge >= 0.3 is 0 Å². The Hall–Kier alpha value is -2.58. The van der Waals surface area contributed by atoms with Gasteiger partial charge in [-0.05, 0) is 51.9 Å². The Morgan fingerprint density at radius 3 is 2.53 bits per heavy atom. The predicted molar refractivity (Wildman–Crippen MR) is 114 cm³/mol. The molecule has 8 heteroatoms. The lowest BCUT2D eigenvalue weighted by atomic mass is 9.98. The molecule has 5 rings (SSSR count). The number of anilines is 1. The molecule has 157 valence electrons. The molecule has 0 atom stereocenters. The molecule has 2 fully saturated rings. The first kappa shape index (κ1) is 19.4. The molecule has 2 aromatic heterocycles. The van der Waals surface area contributed by atoms with Crippen molar-refractivity contribution in [2.24, 2.45) is 0 Å². The standard InChI is InChI=1S/C22H27FN7/c1-28-9-5-17(6-10-28)29-11-7-18(8-12-29)30-22-19(21(24)25-14-26-22)20(27-30)15-3-2-4-16(23)13-15/h2-3,13-14,17-18H,5-12H2,1H3,(H2,24,25,26). The third-order valence-corrected chi connectivity index (χ3v) is 6.61. The summed E-state index contributed by atoms with van der Waals surface area (Å²) in [5.41, 5.74) is 8.21. The summed E-state index contributed by atoms with van der Waals surface area (Å²) in [6.45, 7) is 4.48. The second-order valence-electron chi connectivity index (χ2n) is 8.48. The molecule has 2 aliphatic rings. The van der Waals surface area contributed by atoms with Crippen molar-refractivity contribution in [1.82, 2.24) is 29.5 Å². The zero-order valence-corrected chi connectivity index (χ0v) is 17.3. The van der Waals surface area contributed by atoms with E-state index in [4.69, 9.17) is 10.8 Å². The van der Waals surface area contributed by atoms with Crippen LogP contribution in [0.4, 0.5) is 10.2 Å². The van der Waals surface area contributed by atoms with Gasteiger partial charge in [-0.3, -0.25) is 0 Å². The van der Waals surface area contributed by atoms with E-state index in [1.54, 1.807) is 12.1 Å². The number of aromatic nitrogens is 4. The number of likely N-dealkylation sites (tertiary alicyclic amines) is 2. The quantitative estimate of drug-likeness (QED) is 0.718. The molecule has 0 aliphatic carbocycles. The van der Waals surface area contributed by atoms with E-state index in [-0.39, 0.29) is 6.04 Å². The normalized spacial score (nSPS) is 20.2. The average molecular weight is 409 g/mol. The van der Waals surface area contributed by atoms with Gasteiger partial charge in [-0.15, -0.1) is 0 Å². The van der Waals surface area contributed by atoms with Crippen LogP contribution in [0, 0.1) is 11.9 Å². The molecular weight excluding hydrogens is 381 g/mol. The highest BCUT2D eigenvalue weighted by atomic mass is 19.1. The second-order valence-corrected chi connectivity index (χ2v) is 8.48. The zero-order chi connectivity index (χ0) is 20.7. The van der Waals surface area contributed by atoms with Gasteiger partial charge in [-0.1, -0.05) is 12.1 Å². The highest BCUT2D eigenvalue weighted by Crippen LogP contribution is 2.34. The fourth-order valence-corrected chi connectivity index (χ4v) is 4.89. The molecule has 2 N–H and O–H groups in total. The lowest BCUT2D eigenvalue weighted by molar-refractivity contribution is 0.0859. The van der Waals surface area contributed by atoms with E-state index in [9.17, 15) is 4.39 Å². The van der Waals surface area contributed by atoms with Gasteiger partial charge in [0.15, 0.2) is 5.65 Å². The lowest BCUT2D eigenvalue weighted by Gasteiger charge is -2.41. The van der Waals surface area contributed by atoms with Crippen LogP contribution in [0.3, 0.4) is 0 Å². The molecule has 0 saturated carbocycles. The lowest BCUT2D eigenvalue weighted by Crippen LogP contribution is -2.47. The van der Waals surface area contributed by atoms with E-state index < -0.39 is 5.82 Å². The number of piperidine rings is 2. The fraction of sp³-hybridized carbons (Fsp3) is 0.500. The Labute approximate surface area is 175 Å². The minimum atomic E-state index is -0.419. The van der Waals surface area contributed by atoms with Crippen molar-refractivity contribution in [2.45, 2.75) is 37.8 Å². The van der Waals surface area contributed by atoms with Crippen molar-refractivity contribution < 1.29 is 4.39 Å². The van der Waals surface area contributed by atoms with Gasteiger partial charge in [-0.2, -0.15) is 5.10 Å². The third kappa shape index (κ3) is 3.54. The molecule has 0 spiro atoms. The van der Waals surface area contributed by atoms with Gasteiger partial charge < -0.3 is 15.5 Å². The summed E-state index contributed by atoms with van der Waals surface area (Å²) in [6.07, 6.45) is 6.01. The second kappa shape index (κ2) is 7.92. The van der Waals surface area contributed by atoms with Gasteiger partial charge in [0.05, 0.1) is 11.4 Å². The van der Waals surface area contributed by atoms with Crippen LogP contribution in [-0.4, -0.2) is 68.8 Å². The number of nitrogens with zero attached hydrogens (tertiary/aromatic N) is 6. The minimum absolute atomic E-state index is 0.248. The topological polar surface area (TPSA) is 76.1 Å². The zero-order valence-electron chi connectivity index (χ0n) is 17.3. The van der Waals surface area contributed by atoms with E-state index in [0.717, 1.165) is 31.6 Å². The van der Waals surface area contributed by atoms with Crippen LogP contribution in [0.5, 0.6) is 0 Å². The van der Waals surface area contributed by atoms with Crippen molar-refractivity contribution in [1.29, 1.82) is 0 Å². The molecule has 3 aromatic rings. The Morgan fingerprint density at radius 2 is 1.80 bits per heavy atom. The van der Waals surface area contributed by atoms with Crippen molar-refractivity contribution >= 4 is 16.9 Å². The maximum absolute atomic E-state index is 13.8. The molecule has 0 amide bonds. The van der Waals surface area contributed by atoms with Crippen molar-refractivity contribution in [3.63, 3.8) is 0 Å². The fourth-order valence-electron chi connectivity index (χ4n) is 4.89. The van der Waals surface area contributed by atoms with E-state index in [0.29, 0.717) is 28.5 Å². The molecule has 1 radical (unpaired) electrons. The number of nitrogen functional groups attached to an aromatic ring is 1. The molecule has 7 nitrogen and oxygen atoms in total. The van der Waals surface area contributed by atoms with Crippen molar-refractivity contribution in [3.05, 3.63) is 36.4 Å². The van der Waals surface area contributed by atoms with E-state index in [1.807, 2.05) is 4.68 Å². The maximum Gasteiger partial charge on any atom is 0.164 e. The van der Waals surface area contributed by atoms with Crippen LogP contribution in [0.2, 0.25) is 0 Å². The van der Waals surface area contributed by atoms with Gasteiger partial charge in [0.2, 0.25) is 0 Å². The minimum Gasteiger partial charge on any atom is -0.383 e. The van der Waals surface area contributed by atoms with E-state index in [1.165, 1.54) is 38.3 Å². The largest absolute Gasteiger partial charge is 0.383 e. The Balaban J connectivity index is 1.42. The van der Waals surface area contributed by atoms with Crippen molar-refractivity contribution in [2.75, 3.05) is 39.0 Å². The Kier molecular flexibility index (Phi) is 5.12. The van der Waals surface area contributed by atoms with Gasteiger partial charge in [-0.25, -0.2) is 19.0 Å². The maximum atomic E-state index is 13.8. The number of hydrogen-bond acceptors (Lipinski definition) is 6. The summed E-state index contributed by atoms with van der Waals surface area (Å²) in [6, 6.07) is 8.27. The number of halogens is 1. The first-order chi connectivity index (χ1) is 14.6. The molecular formula is C22H27FN7. The summed E-state index contributed by atoms with van der Waals surface area (Å²) < 4.78 is 15.8. The molecule has 0 bridgehead atoms. The van der Waals surface area contributed by atoms with Crippen LogP contribution in [0.1, 0.15) is 31.7 Å². The van der Waals surface area contributed by atoms with Gasteiger partial charge in [0.25, 0.3) is 0 Å². The number of nitrogens with two attached hydrogens (primary N) is 1. The molecule has 1 aromatic carbocycles. The van der Waals surface area contributed by atoms with E-state index in [2.05, 4.69) is 32.9 Å². The van der Waals surface area contributed by atoms with Crippen molar-refractivity contribution in [3.8, 4) is 11.3 Å². The third-order valence-electron chi connectivity index (χ3n) is 6.61. The first-order valence-corrected chi connectivity index (χ1v) is 10.7. The summed E-state index contributed by atoms with van der Waals surface area (Å²) in [4.78, 5) is 13.7. The smallest absolute Gasteiger partial charge is 0.164 e. The van der Waals surface area contributed by atoms with Crippen LogP contribution in [0.15, 0.2) is 24.5 Å². The van der Waals surface area contributed by atoms with Crippen LogP contribution in [-0.2, 0) is 0 Å². The van der Waals surface area contributed by atoms with Gasteiger partial charge in [0, 0.05) is 30.8 Å². The van der Waals surface area contributed by atoms with Crippen LogP contribution in [0.25, 0.3) is 22.3 Å². The van der Waals surface area contributed by atoms with Crippen LogP contribution >= 0.6 is 0 Å². The Morgan fingerprint density at radius 1 is 1.07 bits per heavy atom. The Bertz CT molecular complexity index is 1030. The predicted octanol–water partition coefficient (Wildman–Crippen LogP) is 2.75. The number of benzene rings is 1. The average Bonchev–Trinajstić information content (AvgIpc) is 3.16. The number of hydrogen-bond donors (Lipinski definition) is 1. The van der Waals surface area contributed by atoms with Crippen LogP contribution < -0.4 is 5.73 Å². The SMILES string of the molecule is CN1CCC(N2CCC(n3nc(-c4cc[c]c(F)c4)c4c(N)ncnc43)CC2)CC1. The number of fused-ring (bicyclic) bond motifs is 1.